The first kappa shape index (κ1) is 25.4. The second kappa shape index (κ2) is 11.0. The Hall–Kier alpha value is -0.260. The van der Waals surface area contributed by atoms with Crippen molar-refractivity contribution in [1.82, 2.24) is 0 Å². The lowest BCUT2D eigenvalue weighted by Crippen LogP contribution is -2.45. The Kier molecular flexibility index (Phi) is 8.22. The van der Waals surface area contributed by atoms with Gasteiger partial charge >= 0.3 is 0 Å². The van der Waals surface area contributed by atoms with Crippen molar-refractivity contribution in [3.63, 3.8) is 0 Å². The van der Waals surface area contributed by atoms with Gasteiger partial charge in [-0.2, -0.15) is 0 Å². The van der Waals surface area contributed by atoms with Crippen LogP contribution in [0.1, 0.15) is 150 Å². The lowest BCUT2D eigenvalue weighted by Gasteiger charge is -2.54. The third-order valence-electron chi connectivity index (χ3n) is 12.3. The van der Waals surface area contributed by atoms with Gasteiger partial charge in [0.25, 0.3) is 0 Å². The fraction of sp³-hybridized carbons (Fsp3) is 0.941. The molecule has 0 heteroatoms. The van der Waals surface area contributed by atoms with Gasteiger partial charge in [0.15, 0.2) is 0 Å². The Morgan fingerprint density at radius 1 is 0.882 bits per heavy atom. The molecule has 0 aromatic carbocycles. The van der Waals surface area contributed by atoms with E-state index in [2.05, 4.69) is 27.7 Å². The van der Waals surface area contributed by atoms with Gasteiger partial charge in [-0.25, -0.2) is 0 Å². The molecule has 0 heterocycles. The molecule has 3 fully saturated rings. The normalized spacial score (nSPS) is 40.9. The highest BCUT2D eigenvalue weighted by Gasteiger charge is 2.55. The van der Waals surface area contributed by atoms with Crippen molar-refractivity contribution in [2.75, 3.05) is 0 Å². The Labute approximate surface area is 213 Å². The van der Waals surface area contributed by atoms with E-state index in [1.165, 1.54) is 70.6 Å². The molecule has 0 saturated heterocycles. The van der Waals surface area contributed by atoms with Crippen LogP contribution in [0.25, 0.3) is 0 Å². The summed E-state index contributed by atoms with van der Waals surface area (Å²) < 4.78 is 0. The molecule has 0 N–H and O–H groups in total. The topological polar surface area (TPSA) is 0 Å². The molecular weight excluding hydrogens is 408 g/mol. The number of allylic oxidation sites excluding steroid dienone is 2. The lowest BCUT2D eigenvalue weighted by molar-refractivity contribution is 0.00111. The van der Waals surface area contributed by atoms with E-state index < -0.39 is 0 Å². The minimum Gasteiger partial charge on any atom is -0.0673 e. The van der Waals surface area contributed by atoms with E-state index >= 15 is 0 Å². The van der Waals surface area contributed by atoms with Crippen molar-refractivity contribution in [2.24, 2.45) is 52.8 Å². The van der Waals surface area contributed by atoms with Gasteiger partial charge in [-0.3, -0.25) is 0 Å². The molecule has 0 aromatic rings. The maximum Gasteiger partial charge on any atom is -0.0169 e. The van der Waals surface area contributed by atoms with Gasteiger partial charge in [0.2, 0.25) is 0 Å². The maximum absolute atomic E-state index is 2.76. The fourth-order valence-electron chi connectivity index (χ4n) is 10.5. The summed E-state index contributed by atoms with van der Waals surface area (Å²) >= 11 is 0. The van der Waals surface area contributed by atoms with Crippen molar-refractivity contribution in [3.8, 4) is 0 Å². The van der Waals surface area contributed by atoms with Crippen molar-refractivity contribution in [3.05, 3.63) is 11.1 Å². The molecular formula is C34H58. The van der Waals surface area contributed by atoms with Crippen LogP contribution < -0.4 is 0 Å². The van der Waals surface area contributed by atoms with E-state index in [0.29, 0.717) is 5.41 Å². The summed E-state index contributed by atoms with van der Waals surface area (Å²) in [5, 5.41) is 0. The van der Waals surface area contributed by atoms with Crippen LogP contribution in [0.3, 0.4) is 0 Å². The van der Waals surface area contributed by atoms with Crippen molar-refractivity contribution in [2.45, 2.75) is 150 Å². The van der Waals surface area contributed by atoms with Crippen LogP contribution in [0.5, 0.6) is 0 Å². The number of hydrogen-bond donors (Lipinski definition) is 0. The summed E-state index contributed by atoms with van der Waals surface area (Å²) in [5.41, 5.74) is 4.75. The van der Waals surface area contributed by atoms with E-state index in [1.54, 1.807) is 51.4 Å². The van der Waals surface area contributed by atoms with E-state index in [-0.39, 0.29) is 0 Å². The first-order valence-corrected chi connectivity index (χ1v) is 16.2. The van der Waals surface area contributed by atoms with Crippen molar-refractivity contribution in [1.29, 1.82) is 0 Å². The fourth-order valence-corrected chi connectivity index (χ4v) is 10.5. The van der Waals surface area contributed by atoms with E-state index in [4.69, 9.17) is 0 Å². The standard InChI is InChI=1S/C34H58/c1-5-27-23-32-30(29-17-15-26(22-31(27)29)21-25-12-7-6-8-13-25)19-20-34(4)28(16-18-33(32)34)14-10-9-11-24(2)3/h24-28,30,32-33H,5-23H2,1-4H3. The van der Waals surface area contributed by atoms with E-state index in [0.717, 1.165) is 47.3 Å². The molecule has 0 aromatic heterocycles. The van der Waals surface area contributed by atoms with Gasteiger partial charge in [-0.15, -0.1) is 0 Å². The van der Waals surface area contributed by atoms with Crippen LogP contribution in [0, 0.1) is 52.8 Å². The Morgan fingerprint density at radius 3 is 2.47 bits per heavy atom. The third-order valence-corrected chi connectivity index (χ3v) is 12.3. The largest absolute Gasteiger partial charge is 0.0673 e. The summed E-state index contributed by atoms with van der Waals surface area (Å²) in [6.07, 6.45) is 28.9. The van der Waals surface area contributed by atoms with E-state index in [1.807, 2.05) is 11.1 Å². The molecule has 0 amide bonds. The highest BCUT2D eigenvalue weighted by atomic mass is 14.6. The van der Waals surface area contributed by atoms with E-state index in [9.17, 15) is 0 Å². The molecule has 7 unspecified atom stereocenters. The molecule has 0 aliphatic heterocycles. The molecule has 0 radical (unpaired) electrons. The minimum atomic E-state index is 0.674. The van der Waals surface area contributed by atoms with Gasteiger partial charge in [0.05, 0.1) is 0 Å². The van der Waals surface area contributed by atoms with Gasteiger partial charge in [0.1, 0.15) is 0 Å². The summed E-state index contributed by atoms with van der Waals surface area (Å²) in [7, 11) is 0. The molecule has 0 bridgehead atoms. The van der Waals surface area contributed by atoms with Crippen LogP contribution in [0.15, 0.2) is 11.1 Å². The van der Waals surface area contributed by atoms with Crippen LogP contribution in [0.4, 0.5) is 0 Å². The first-order valence-electron chi connectivity index (χ1n) is 16.2. The van der Waals surface area contributed by atoms with Gasteiger partial charge < -0.3 is 0 Å². The van der Waals surface area contributed by atoms with Gasteiger partial charge in [-0.05, 0) is 123 Å². The number of hydrogen-bond acceptors (Lipinski definition) is 0. The molecule has 34 heavy (non-hydrogen) atoms. The molecule has 0 spiro atoms. The Balaban J connectivity index is 1.25. The first-order chi connectivity index (χ1) is 16.5. The Morgan fingerprint density at radius 2 is 1.71 bits per heavy atom. The minimum absolute atomic E-state index is 0.674. The van der Waals surface area contributed by atoms with Gasteiger partial charge in [0, 0.05) is 0 Å². The highest BCUT2D eigenvalue weighted by molar-refractivity contribution is 5.29. The van der Waals surface area contributed by atoms with Crippen LogP contribution in [-0.4, -0.2) is 0 Å². The second-order valence-corrected chi connectivity index (χ2v) is 14.6. The van der Waals surface area contributed by atoms with Crippen LogP contribution in [-0.2, 0) is 0 Å². The molecule has 3 saturated carbocycles. The lowest BCUT2D eigenvalue weighted by atomic mass is 9.51. The maximum atomic E-state index is 2.76. The zero-order valence-electron chi connectivity index (χ0n) is 23.6. The third kappa shape index (κ3) is 5.09. The summed E-state index contributed by atoms with van der Waals surface area (Å²) in [5.74, 6) is 8.04. The SMILES string of the molecule is CCC1CC2C(CCC3(C)C(CCCCC(C)C)CCC23)C2=C1CC(CC1CCCCC1)CC2. The molecule has 7 atom stereocenters. The average molecular weight is 467 g/mol. The molecule has 5 aliphatic carbocycles. The molecule has 5 rings (SSSR count). The quantitative estimate of drug-likeness (QED) is 0.246. The van der Waals surface area contributed by atoms with Crippen molar-refractivity contribution < 1.29 is 0 Å². The number of fused-ring (bicyclic) bond motifs is 4. The second-order valence-electron chi connectivity index (χ2n) is 14.6. The number of unbranched alkanes of at least 4 members (excludes halogenated alkanes) is 1. The zero-order valence-corrected chi connectivity index (χ0v) is 23.6. The predicted octanol–water partition coefficient (Wildman–Crippen LogP) is 10.8. The molecule has 194 valence electrons. The summed E-state index contributed by atoms with van der Waals surface area (Å²) in [6, 6.07) is 0. The number of rotatable bonds is 8. The molecule has 5 aliphatic rings. The monoisotopic (exact) mass is 466 g/mol. The Bertz CT molecular complexity index is 693. The summed E-state index contributed by atoms with van der Waals surface area (Å²) in [6.45, 7) is 10.1. The predicted molar refractivity (Wildman–Crippen MR) is 148 cm³/mol. The average Bonchev–Trinajstić information content (AvgIpc) is 3.18. The highest BCUT2D eigenvalue weighted by Crippen LogP contribution is 2.65. The van der Waals surface area contributed by atoms with Crippen LogP contribution in [0.2, 0.25) is 0 Å². The van der Waals surface area contributed by atoms with Gasteiger partial charge in [-0.1, -0.05) is 90.2 Å². The zero-order chi connectivity index (χ0) is 23.7. The summed E-state index contributed by atoms with van der Waals surface area (Å²) in [4.78, 5) is 0. The van der Waals surface area contributed by atoms with Crippen LogP contribution >= 0.6 is 0 Å². The molecule has 0 nitrogen and oxygen atoms in total. The van der Waals surface area contributed by atoms with Crippen molar-refractivity contribution >= 4 is 0 Å². The smallest absolute Gasteiger partial charge is 0.0169 e.